The Kier molecular flexibility index (Phi) is 5.55. The highest BCUT2D eigenvalue weighted by molar-refractivity contribution is 7.80. The van der Waals surface area contributed by atoms with Crippen molar-refractivity contribution in [3.05, 3.63) is 35.4 Å². The molecular formula is C12H14O4S2. The SMILES string of the molecule is O=C(O)CC(S)c1ccc(C(S)CC(=O)O)cc1. The number of aliphatic carboxylic acids is 2. The van der Waals surface area contributed by atoms with E-state index in [0.29, 0.717) is 0 Å². The average Bonchev–Trinajstić information content (AvgIpc) is 2.27. The summed E-state index contributed by atoms with van der Waals surface area (Å²) in [5.74, 6) is -1.81. The lowest BCUT2D eigenvalue weighted by atomic mass is 10.0. The van der Waals surface area contributed by atoms with Gasteiger partial charge in [-0.25, -0.2) is 0 Å². The van der Waals surface area contributed by atoms with Crippen LogP contribution in [-0.2, 0) is 9.59 Å². The molecule has 0 saturated heterocycles. The van der Waals surface area contributed by atoms with Crippen LogP contribution < -0.4 is 0 Å². The van der Waals surface area contributed by atoms with Crippen LogP contribution in [0, 0.1) is 0 Å². The molecule has 0 aliphatic heterocycles. The first kappa shape index (κ1) is 14.9. The van der Waals surface area contributed by atoms with E-state index in [9.17, 15) is 9.59 Å². The number of hydrogen-bond donors (Lipinski definition) is 4. The molecule has 2 atom stereocenters. The molecule has 1 aromatic carbocycles. The molecule has 0 saturated carbocycles. The van der Waals surface area contributed by atoms with Gasteiger partial charge in [0.15, 0.2) is 0 Å². The fourth-order valence-electron chi connectivity index (χ4n) is 1.51. The van der Waals surface area contributed by atoms with Crippen molar-refractivity contribution in [2.45, 2.75) is 23.3 Å². The van der Waals surface area contributed by atoms with Crippen LogP contribution in [0.1, 0.15) is 34.5 Å². The number of benzene rings is 1. The van der Waals surface area contributed by atoms with E-state index in [1.54, 1.807) is 24.3 Å². The van der Waals surface area contributed by atoms with E-state index in [-0.39, 0.29) is 23.3 Å². The highest BCUT2D eigenvalue weighted by Crippen LogP contribution is 2.28. The largest absolute Gasteiger partial charge is 0.481 e. The first-order valence-corrected chi connectivity index (χ1v) is 6.33. The quantitative estimate of drug-likeness (QED) is 0.606. The van der Waals surface area contributed by atoms with Crippen molar-refractivity contribution < 1.29 is 19.8 Å². The van der Waals surface area contributed by atoms with Gasteiger partial charge in [-0.05, 0) is 11.1 Å². The lowest BCUT2D eigenvalue weighted by molar-refractivity contribution is -0.138. The Morgan fingerprint density at radius 1 is 0.889 bits per heavy atom. The number of carboxylic acids is 2. The summed E-state index contributed by atoms with van der Waals surface area (Å²) in [5, 5.41) is 16.6. The minimum absolute atomic E-state index is 0.0537. The summed E-state index contributed by atoms with van der Waals surface area (Å²) in [4.78, 5) is 21.1. The Hall–Kier alpha value is -1.14. The molecule has 0 spiro atoms. The zero-order valence-corrected chi connectivity index (χ0v) is 11.3. The van der Waals surface area contributed by atoms with Gasteiger partial charge < -0.3 is 10.2 Å². The number of rotatable bonds is 6. The van der Waals surface area contributed by atoms with Crippen LogP contribution in [0.15, 0.2) is 24.3 Å². The van der Waals surface area contributed by atoms with Crippen LogP contribution in [0.25, 0.3) is 0 Å². The summed E-state index contributed by atoms with van der Waals surface area (Å²) in [7, 11) is 0. The Morgan fingerprint density at radius 3 is 1.39 bits per heavy atom. The normalized spacial score (nSPS) is 13.9. The van der Waals surface area contributed by atoms with Gasteiger partial charge in [0.1, 0.15) is 0 Å². The molecule has 98 valence electrons. The highest BCUT2D eigenvalue weighted by atomic mass is 32.1. The molecule has 0 radical (unpaired) electrons. The lowest BCUT2D eigenvalue weighted by Gasteiger charge is -2.12. The maximum atomic E-state index is 10.6. The monoisotopic (exact) mass is 286 g/mol. The molecule has 0 aliphatic rings. The molecule has 0 heterocycles. The van der Waals surface area contributed by atoms with Crippen molar-refractivity contribution in [2.24, 2.45) is 0 Å². The summed E-state index contributed by atoms with van der Waals surface area (Å²) >= 11 is 8.41. The molecule has 1 rings (SSSR count). The van der Waals surface area contributed by atoms with E-state index in [1.807, 2.05) is 0 Å². The second-order valence-electron chi connectivity index (χ2n) is 3.89. The molecule has 4 nitrogen and oxygen atoms in total. The third kappa shape index (κ3) is 4.62. The van der Waals surface area contributed by atoms with Crippen molar-refractivity contribution in [3.63, 3.8) is 0 Å². The van der Waals surface area contributed by atoms with E-state index in [4.69, 9.17) is 10.2 Å². The van der Waals surface area contributed by atoms with E-state index in [0.717, 1.165) is 11.1 Å². The van der Waals surface area contributed by atoms with Crippen LogP contribution in [0.4, 0.5) is 0 Å². The summed E-state index contributed by atoms with van der Waals surface area (Å²) in [5.41, 5.74) is 1.58. The summed E-state index contributed by atoms with van der Waals surface area (Å²) < 4.78 is 0. The molecule has 18 heavy (non-hydrogen) atoms. The fraction of sp³-hybridized carbons (Fsp3) is 0.333. The molecule has 0 aliphatic carbocycles. The smallest absolute Gasteiger partial charge is 0.304 e. The molecule has 0 amide bonds. The molecule has 0 aromatic heterocycles. The molecule has 6 heteroatoms. The zero-order valence-electron chi connectivity index (χ0n) is 9.48. The summed E-state index contributed by atoms with van der Waals surface area (Å²) in [6.45, 7) is 0. The van der Waals surface area contributed by atoms with Crippen LogP contribution in [0.5, 0.6) is 0 Å². The maximum Gasteiger partial charge on any atom is 0.304 e. The van der Waals surface area contributed by atoms with Crippen molar-refractivity contribution in [1.29, 1.82) is 0 Å². The standard InChI is InChI=1S/C12H14O4S2/c13-11(14)5-9(17)7-1-2-8(4-3-7)10(18)6-12(15)16/h1-4,9-10,17-18H,5-6H2,(H,13,14)(H,15,16). The summed E-state index contributed by atoms with van der Waals surface area (Å²) in [6, 6.07) is 7.00. The van der Waals surface area contributed by atoms with Gasteiger partial charge in [-0.3, -0.25) is 9.59 Å². The van der Waals surface area contributed by atoms with Gasteiger partial charge in [0.2, 0.25) is 0 Å². The second-order valence-corrected chi connectivity index (χ2v) is 5.14. The van der Waals surface area contributed by atoms with Gasteiger partial charge in [-0.1, -0.05) is 24.3 Å². The Labute approximate surface area is 116 Å². The van der Waals surface area contributed by atoms with Crippen molar-refractivity contribution >= 4 is 37.2 Å². The Morgan fingerprint density at radius 2 is 1.17 bits per heavy atom. The third-order valence-electron chi connectivity index (χ3n) is 2.44. The Bertz CT molecular complexity index is 389. The zero-order chi connectivity index (χ0) is 13.7. The van der Waals surface area contributed by atoms with Gasteiger partial charge >= 0.3 is 11.9 Å². The van der Waals surface area contributed by atoms with Crippen LogP contribution in [0.2, 0.25) is 0 Å². The second kappa shape index (κ2) is 6.70. The van der Waals surface area contributed by atoms with Crippen molar-refractivity contribution in [1.82, 2.24) is 0 Å². The molecule has 0 fully saturated rings. The van der Waals surface area contributed by atoms with Crippen molar-refractivity contribution in [2.75, 3.05) is 0 Å². The lowest BCUT2D eigenvalue weighted by Crippen LogP contribution is -2.03. The van der Waals surface area contributed by atoms with Gasteiger partial charge in [0.25, 0.3) is 0 Å². The van der Waals surface area contributed by atoms with Crippen LogP contribution in [0.3, 0.4) is 0 Å². The first-order chi connectivity index (χ1) is 8.40. The number of hydrogen-bond acceptors (Lipinski definition) is 4. The minimum atomic E-state index is -0.906. The first-order valence-electron chi connectivity index (χ1n) is 5.29. The van der Waals surface area contributed by atoms with E-state index in [1.165, 1.54) is 0 Å². The van der Waals surface area contributed by atoms with E-state index in [2.05, 4.69) is 25.3 Å². The van der Waals surface area contributed by atoms with Gasteiger partial charge in [-0.15, -0.1) is 0 Å². The highest BCUT2D eigenvalue weighted by Gasteiger charge is 2.14. The molecular weight excluding hydrogens is 272 g/mol. The number of carbonyl (C=O) groups is 2. The fourth-order valence-corrected chi connectivity index (χ4v) is 2.16. The summed E-state index contributed by atoms with van der Waals surface area (Å²) in [6.07, 6.45) is -0.107. The van der Waals surface area contributed by atoms with Gasteiger partial charge in [-0.2, -0.15) is 25.3 Å². The van der Waals surface area contributed by atoms with E-state index < -0.39 is 11.9 Å². The maximum absolute atomic E-state index is 10.6. The van der Waals surface area contributed by atoms with E-state index >= 15 is 0 Å². The van der Waals surface area contributed by atoms with Gasteiger partial charge in [0.05, 0.1) is 12.8 Å². The predicted molar refractivity (Wildman–Crippen MR) is 74.4 cm³/mol. The average molecular weight is 286 g/mol. The minimum Gasteiger partial charge on any atom is -0.481 e. The van der Waals surface area contributed by atoms with Gasteiger partial charge in [0, 0.05) is 10.5 Å². The third-order valence-corrected chi connectivity index (χ3v) is 3.40. The molecule has 2 N–H and O–H groups in total. The predicted octanol–water partition coefficient (Wildman–Crippen LogP) is 2.58. The van der Waals surface area contributed by atoms with Crippen molar-refractivity contribution in [3.8, 4) is 0 Å². The van der Waals surface area contributed by atoms with Crippen LogP contribution in [-0.4, -0.2) is 22.2 Å². The molecule has 0 bridgehead atoms. The number of carboxylic acid groups (broad SMARTS) is 2. The number of thiol groups is 2. The topological polar surface area (TPSA) is 74.6 Å². The molecule has 2 unspecified atom stereocenters. The Balaban J connectivity index is 2.73. The van der Waals surface area contributed by atoms with Crippen LogP contribution >= 0.6 is 25.3 Å². The molecule has 1 aromatic rings.